The van der Waals surface area contributed by atoms with Gasteiger partial charge in [0.15, 0.2) is 0 Å². The molecular weight excluding hydrogens is 184 g/mol. The van der Waals surface area contributed by atoms with Crippen molar-refractivity contribution in [1.29, 1.82) is 0 Å². The molecule has 86 valence electrons. The van der Waals surface area contributed by atoms with Gasteiger partial charge in [-0.1, -0.05) is 26.8 Å². The van der Waals surface area contributed by atoms with Gasteiger partial charge in [0.1, 0.15) is 0 Å². The maximum absolute atomic E-state index is 10.3. The van der Waals surface area contributed by atoms with Gasteiger partial charge in [-0.05, 0) is 42.9 Å². The lowest BCUT2D eigenvalue weighted by molar-refractivity contribution is -0.0942. The quantitative estimate of drug-likeness (QED) is 0.655. The summed E-state index contributed by atoms with van der Waals surface area (Å²) in [5.41, 5.74) is 0.481. The van der Waals surface area contributed by atoms with Crippen molar-refractivity contribution < 1.29 is 5.11 Å². The molecule has 0 spiro atoms. The molecule has 0 amide bonds. The SMILES string of the molecule is C=C[C@@H]1CC[C@H]2C(C)(C)CC[C@@H](O)[C@@]12C. The van der Waals surface area contributed by atoms with E-state index in [0.29, 0.717) is 17.3 Å². The van der Waals surface area contributed by atoms with Crippen LogP contribution in [0.5, 0.6) is 0 Å². The number of fused-ring (bicyclic) bond motifs is 1. The minimum absolute atomic E-state index is 0.0868. The predicted molar refractivity (Wildman–Crippen MR) is 63.5 cm³/mol. The zero-order valence-corrected chi connectivity index (χ0v) is 10.3. The highest BCUT2D eigenvalue weighted by Gasteiger charge is 2.57. The summed E-state index contributed by atoms with van der Waals surface area (Å²) >= 11 is 0. The molecule has 0 aromatic rings. The largest absolute Gasteiger partial charge is 0.393 e. The van der Waals surface area contributed by atoms with E-state index in [1.165, 1.54) is 12.8 Å². The van der Waals surface area contributed by atoms with Crippen molar-refractivity contribution in [2.45, 2.75) is 52.6 Å². The van der Waals surface area contributed by atoms with Gasteiger partial charge < -0.3 is 5.11 Å². The van der Waals surface area contributed by atoms with E-state index >= 15 is 0 Å². The van der Waals surface area contributed by atoms with Crippen LogP contribution in [0.1, 0.15) is 46.5 Å². The molecule has 0 bridgehead atoms. The molecule has 0 unspecified atom stereocenters. The fourth-order valence-electron chi connectivity index (χ4n) is 4.30. The Hall–Kier alpha value is -0.300. The summed E-state index contributed by atoms with van der Waals surface area (Å²) in [6.45, 7) is 11.0. The Bertz CT molecular complexity index is 269. The highest BCUT2D eigenvalue weighted by atomic mass is 16.3. The van der Waals surface area contributed by atoms with Gasteiger partial charge in [0.25, 0.3) is 0 Å². The van der Waals surface area contributed by atoms with Gasteiger partial charge >= 0.3 is 0 Å². The normalized spacial score (nSPS) is 48.7. The van der Waals surface area contributed by atoms with Crippen molar-refractivity contribution in [2.24, 2.45) is 22.7 Å². The Kier molecular flexibility index (Phi) is 2.50. The second-order valence-corrected chi connectivity index (χ2v) is 6.38. The summed E-state index contributed by atoms with van der Waals surface area (Å²) in [4.78, 5) is 0. The van der Waals surface area contributed by atoms with Gasteiger partial charge in [-0.3, -0.25) is 0 Å². The number of aliphatic hydroxyl groups excluding tert-OH is 1. The van der Waals surface area contributed by atoms with E-state index in [-0.39, 0.29) is 11.5 Å². The lowest BCUT2D eigenvalue weighted by Gasteiger charge is -2.52. The number of aliphatic hydroxyl groups is 1. The Balaban J connectivity index is 2.37. The predicted octanol–water partition coefficient (Wildman–Crippen LogP) is 3.39. The number of allylic oxidation sites excluding steroid dienone is 1. The van der Waals surface area contributed by atoms with Crippen LogP contribution in [-0.2, 0) is 0 Å². The Morgan fingerprint density at radius 3 is 2.47 bits per heavy atom. The number of rotatable bonds is 1. The zero-order valence-electron chi connectivity index (χ0n) is 10.3. The van der Waals surface area contributed by atoms with E-state index in [4.69, 9.17) is 0 Å². The number of hydrogen-bond acceptors (Lipinski definition) is 1. The molecule has 2 aliphatic rings. The first kappa shape index (κ1) is 11.2. The maximum Gasteiger partial charge on any atom is 0.0602 e. The Morgan fingerprint density at radius 2 is 1.87 bits per heavy atom. The van der Waals surface area contributed by atoms with Crippen LogP contribution in [0.15, 0.2) is 12.7 Å². The molecule has 0 aliphatic heterocycles. The van der Waals surface area contributed by atoms with Crippen LogP contribution in [0.3, 0.4) is 0 Å². The van der Waals surface area contributed by atoms with Crippen molar-refractivity contribution in [3.63, 3.8) is 0 Å². The standard InChI is InChI=1S/C14H24O/c1-5-10-6-7-11-13(2,3)9-8-12(15)14(10,11)4/h5,10-12,15H,1,6-9H2,2-4H3/t10-,11+,12-,14+/m1/s1. The van der Waals surface area contributed by atoms with Crippen LogP contribution in [0.4, 0.5) is 0 Å². The average Bonchev–Trinajstić information content (AvgIpc) is 2.52. The average molecular weight is 208 g/mol. The molecule has 0 aromatic carbocycles. The van der Waals surface area contributed by atoms with E-state index in [1.807, 2.05) is 0 Å². The van der Waals surface area contributed by atoms with Crippen molar-refractivity contribution in [2.75, 3.05) is 0 Å². The first-order valence-corrected chi connectivity index (χ1v) is 6.23. The van der Waals surface area contributed by atoms with Gasteiger partial charge in [-0.15, -0.1) is 6.58 Å². The molecule has 2 aliphatic carbocycles. The molecule has 1 heteroatoms. The van der Waals surface area contributed by atoms with E-state index in [0.717, 1.165) is 12.8 Å². The molecule has 15 heavy (non-hydrogen) atoms. The summed E-state index contributed by atoms with van der Waals surface area (Å²) in [5, 5.41) is 10.3. The van der Waals surface area contributed by atoms with Gasteiger partial charge in [0.05, 0.1) is 6.10 Å². The Labute approximate surface area is 93.6 Å². The lowest BCUT2D eigenvalue weighted by Crippen LogP contribution is -2.50. The van der Waals surface area contributed by atoms with E-state index < -0.39 is 0 Å². The van der Waals surface area contributed by atoms with E-state index in [9.17, 15) is 5.11 Å². The van der Waals surface area contributed by atoms with Gasteiger partial charge in [-0.2, -0.15) is 0 Å². The molecule has 2 rings (SSSR count). The summed E-state index contributed by atoms with van der Waals surface area (Å²) in [5.74, 6) is 1.17. The highest BCUT2D eigenvalue weighted by molar-refractivity contribution is 5.10. The molecule has 2 saturated carbocycles. The van der Waals surface area contributed by atoms with Crippen LogP contribution in [-0.4, -0.2) is 11.2 Å². The third-order valence-electron chi connectivity index (χ3n) is 5.32. The molecule has 1 nitrogen and oxygen atoms in total. The minimum atomic E-state index is -0.124. The summed E-state index contributed by atoms with van der Waals surface area (Å²) in [7, 11) is 0. The molecule has 2 fully saturated rings. The van der Waals surface area contributed by atoms with Crippen LogP contribution in [0.25, 0.3) is 0 Å². The topological polar surface area (TPSA) is 20.2 Å². The molecule has 1 N–H and O–H groups in total. The van der Waals surface area contributed by atoms with Gasteiger partial charge in [0.2, 0.25) is 0 Å². The second kappa shape index (κ2) is 3.35. The van der Waals surface area contributed by atoms with Crippen LogP contribution >= 0.6 is 0 Å². The first-order valence-electron chi connectivity index (χ1n) is 6.23. The third-order valence-corrected chi connectivity index (χ3v) is 5.32. The van der Waals surface area contributed by atoms with Gasteiger partial charge in [0, 0.05) is 5.41 Å². The van der Waals surface area contributed by atoms with Crippen molar-refractivity contribution in [1.82, 2.24) is 0 Å². The van der Waals surface area contributed by atoms with Gasteiger partial charge in [-0.25, -0.2) is 0 Å². The van der Waals surface area contributed by atoms with E-state index in [2.05, 4.69) is 33.4 Å². The summed E-state index contributed by atoms with van der Waals surface area (Å²) in [6, 6.07) is 0. The first-order chi connectivity index (χ1) is 6.93. The second-order valence-electron chi connectivity index (χ2n) is 6.38. The molecule has 0 heterocycles. The maximum atomic E-state index is 10.3. The molecule has 0 aromatic heterocycles. The molecule has 4 atom stereocenters. The molecule has 0 saturated heterocycles. The monoisotopic (exact) mass is 208 g/mol. The van der Waals surface area contributed by atoms with Crippen molar-refractivity contribution >= 4 is 0 Å². The zero-order chi connectivity index (χ0) is 11.3. The molecule has 0 radical (unpaired) electrons. The lowest BCUT2D eigenvalue weighted by atomic mass is 9.54. The highest BCUT2D eigenvalue weighted by Crippen LogP contribution is 2.61. The van der Waals surface area contributed by atoms with Crippen molar-refractivity contribution in [3.8, 4) is 0 Å². The summed E-state index contributed by atoms with van der Waals surface area (Å²) in [6.07, 6.45) is 6.55. The summed E-state index contributed by atoms with van der Waals surface area (Å²) < 4.78 is 0. The van der Waals surface area contributed by atoms with E-state index in [1.54, 1.807) is 0 Å². The number of hydrogen-bond donors (Lipinski definition) is 1. The fourth-order valence-corrected chi connectivity index (χ4v) is 4.30. The minimum Gasteiger partial charge on any atom is -0.393 e. The van der Waals surface area contributed by atoms with Crippen LogP contribution < -0.4 is 0 Å². The third kappa shape index (κ3) is 1.39. The van der Waals surface area contributed by atoms with Crippen LogP contribution in [0, 0.1) is 22.7 Å². The van der Waals surface area contributed by atoms with Crippen molar-refractivity contribution in [3.05, 3.63) is 12.7 Å². The van der Waals surface area contributed by atoms with Crippen LogP contribution in [0.2, 0.25) is 0 Å². The Morgan fingerprint density at radius 1 is 1.20 bits per heavy atom. The smallest absolute Gasteiger partial charge is 0.0602 e. The fraction of sp³-hybridized carbons (Fsp3) is 0.857. The molecular formula is C14H24O.